The highest BCUT2D eigenvalue weighted by Gasteiger charge is 2.21. The van der Waals surface area contributed by atoms with E-state index in [0.717, 1.165) is 29.0 Å². The van der Waals surface area contributed by atoms with Crippen LogP contribution in [0.5, 0.6) is 11.5 Å². The zero-order chi connectivity index (χ0) is 21.3. The van der Waals surface area contributed by atoms with E-state index in [-0.39, 0.29) is 5.91 Å². The van der Waals surface area contributed by atoms with E-state index in [4.69, 9.17) is 19.2 Å². The summed E-state index contributed by atoms with van der Waals surface area (Å²) in [6.45, 7) is 1.12. The van der Waals surface area contributed by atoms with Gasteiger partial charge in [-0.05, 0) is 30.2 Å². The van der Waals surface area contributed by atoms with Crippen LogP contribution in [0.2, 0.25) is 0 Å². The van der Waals surface area contributed by atoms with E-state index < -0.39 is 0 Å². The lowest BCUT2D eigenvalue weighted by Gasteiger charge is -2.20. The number of amides is 1. The van der Waals surface area contributed by atoms with Gasteiger partial charge in [-0.3, -0.25) is 9.69 Å². The Balaban J connectivity index is 1.88. The maximum atomic E-state index is 13.1. The molecule has 0 fully saturated rings. The minimum atomic E-state index is 0.0100. The zero-order valence-corrected chi connectivity index (χ0v) is 18.3. The average molecular weight is 427 g/mol. The third-order valence-corrected chi connectivity index (χ3v) is 5.50. The van der Waals surface area contributed by atoms with Crippen molar-refractivity contribution in [3.05, 3.63) is 59.5 Å². The van der Waals surface area contributed by atoms with E-state index >= 15 is 0 Å². The van der Waals surface area contributed by atoms with E-state index in [9.17, 15) is 4.79 Å². The van der Waals surface area contributed by atoms with Gasteiger partial charge in [0.25, 0.3) is 0 Å². The molecule has 1 heterocycles. The van der Waals surface area contributed by atoms with Crippen molar-refractivity contribution in [2.24, 2.45) is 0 Å². The van der Waals surface area contributed by atoms with Gasteiger partial charge in [-0.25, -0.2) is 4.98 Å². The molecule has 1 aromatic heterocycles. The number of anilines is 1. The minimum Gasteiger partial charge on any atom is -0.497 e. The first-order valence-electron chi connectivity index (χ1n) is 9.67. The lowest BCUT2D eigenvalue weighted by atomic mass is 10.1. The van der Waals surface area contributed by atoms with Crippen LogP contribution in [0.1, 0.15) is 12.0 Å². The fraction of sp³-hybridized carbons (Fsp3) is 0.304. The van der Waals surface area contributed by atoms with E-state index in [1.165, 1.54) is 11.3 Å². The maximum Gasteiger partial charge on any atom is 0.233 e. The van der Waals surface area contributed by atoms with Crippen LogP contribution < -0.4 is 14.4 Å². The number of methoxy groups -OCH3 is 3. The van der Waals surface area contributed by atoms with Gasteiger partial charge in [0, 0.05) is 31.2 Å². The second-order valence-electron chi connectivity index (χ2n) is 6.64. The molecule has 30 heavy (non-hydrogen) atoms. The summed E-state index contributed by atoms with van der Waals surface area (Å²) < 4.78 is 16.0. The van der Waals surface area contributed by atoms with Crippen molar-refractivity contribution in [2.45, 2.75) is 12.8 Å². The van der Waals surface area contributed by atoms with Crippen molar-refractivity contribution >= 4 is 22.4 Å². The van der Waals surface area contributed by atoms with Crippen LogP contribution in [0, 0.1) is 0 Å². The van der Waals surface area contributed by atoms with E-state index in [1.807, 2.05) is 53.9 Å². The van der Waals surface area contributed by atoms with Crippen molar-refractivity contribution in [3.8, 4) is 22.8 Å². The number of carbonyl (C=O) groups excluding carboxylic acids is 1. The minimum absolute atomic E-state index is 0.0100. The molecule has 0 aliphatic heterocycles. The van der Waals surface area contributed by atoms with Crippen LogP contribution in [0.25, 0.3) is 11.3 Å². The molecule has 0 aliphatic rings. The number of carbonyl (C=O) groups is 1. The summed E-state index contributed by atoms with van der Waals surface area (Å²) in [7, 11) is 4.91. The van der Waals surface area contributed by atoms with Crippen LogP contribution in [0.3, 0.4) is 0 Å². The lowest BCUT2D eigenvalue weighted by molar-refractivity contribution is -0.118. The SMILES string of the molecule is COCCCN(C(=O)Cc1ccccc1)c1nc(-c2cc(OC)ccc2OC)cs1. The van der Waals surface area contributed by atoms with Crippen LogP contribution in [-0.4, -0.2) is 45.4 Å². The van der Waals surface area contributed by atoms with Gasteiger partial charge < -0.3 is 14.2 Å². The first-order chi connectivity index (χ1) is 14.7. The molecule has 0 N–H and O–H groups in total. The molecule has 158 valence electrons. The fourth-order valence-corrected chi connectivity index (χ4v) is 3.95. The van der Waals surface area contributed by atoms with Crippen molar-refractivity contribution < 1.29 is 19.0 Å². The Hall–Kier alpha value is -2.90. The summed E-state index contributed by atoms with van der Waals surface area (Å²) in [5, 5.41) is 2.60. The Labute approximate surface area is 181 Å². The first kappa shape index (κ1) is 21.8. The smallest absolute Gasteiger partial charge is 0.233 e. The summed E-state index contributed by atoms with van der Waals surface area (Å²) in [5.74, 6) is 1.43. The molecule has 3 rings (SSSR count). The van der Waals surface area contributed by atoms with Crippen molar-refractivity contribution in [1.82, 2.24) is 4.98 Å². The first-order valence-corrected chi connectivity index (χ1v) is 10.6. The quantitative estimate of drug-likeness (QED) is 0.449. The largest absolute Gasteiger partial charge is 0.497 e. The molecule has 0 bridgehead atoms. The lowest BCUT2D eigenvalue weighted by Crippen LogP contribution is -2.33. The predicted octanol–water partition coefficient (Wildman–Crippen LogP) is 4.44. The molecular weight excluding hydrogens is 400 g/mol. The second-order valence-corrected chi connectivity index (χ2v) is 7.47. The van der Waals surface area contributed by atoms with E-state index in [1.54, 1.807) is 26.2 Å². The molecule has 0 atom stereocenters. The number of hydrogen-bond acceptors (Lipinski definition) is 6. The van der Waals surface area contributed by atoms with Crippen LogP contribution >= 0.6 is 11.3 Å². The second kappa shape index (κ2) is 10.8. The molecule has 0 saturated carbocycles. The molecular formula is C23H26N2O4S. The van der Waals surface area contributed by atoms with Gasteiger partial charge in [0.05, 0.1) is 26.3 Å². The molecule has 2 aromatic carbocycles. The normalized spacial score (nSPS) is 10.6. The van der Waals surface area contributed by atoms with Crippen molar-refractivity contribution in [2.75, 3.05) is 39.4 Å². The maximum absolute atomic E-state index is 13.1. The Morgan fingerprint density at radius 1 is 1.07 bits per heavy atom. The van der Waals surface area contributed by atoms with Gasteiger partial charge in [-0.15, -0.1) is 11.3 Å². The fourth-order valence-electron chi connectivity index (χ4n) is 3.09. The molecule has 1 amide bonds. The summed E-state index contributed by atoms with van der Waals surface area (Å²) in [5.41, 5.74) is 2.55. The van der Waals surface area contributed by atoms with Gasteiger partial charge in [0.2, 0.25) is 5.91 Å². The summed E-state index contributed by atoms with van der Waals surface area (Å²) in [6, 6.07) is 15.3. The summed E-state index contributed by atoms with van der Waals surface area (Å²) in [4.78, 5) is 19.6. The molecule has 0 spiro atoms. The molecule has 0 saturated heterocycles. The number of rotatable bonds is 10. The highest BCUT2D eigenvalue weighted by Crippen LogP contribution is 2.36. The summed E-state index contributed by atoms with van der Waals surface area (Å²) >= 11 is 1.44. The highest BCUT2D eigenvalue weighted by atomic mass is 32.1. The predicted molar refractivity (Wildman–Crippen MR) is 120 cm³/mol. The number of benzene rings is 2. The Morgan fingerprint density at radius 3 is 2.57 bits per heavy atom. The zero-order valence-electron chi connectivity index (χ0n) is 17.5. The Morgan fingerprint density at radius 2 is 1.87 bits per heavy atom. The molecule has 0 unspecified atom stereocenters. The molecule has 0 aliphatic carbocycles. The molecule has 7 heteroatoms. The van der Waals surface area contributed by atoms with Crippen LogP contribution in [0.15, 0.2) is 53.9 Å². The third-order valence-electron chi connectivity index (χ3n) is 4.63. The standard InChI is InChI=1S/C23H26N2O4S/c1-27-13-7-12-25(22(26)14-17-8-5-4-6-9-17)23-24-20(16-30-23)19-15-18(28-2)10-11-21(19)29-3/h4-6,8-11,15-16H,7,12-14H2,1-3H3. The monoisotopic (exact) mass is 426 g/mol. The number of nitrogens with zero attached hydrogens (tertiary/aromatic N) is 2. The van der Waals surface area contributed by atoms with Crippen LogP contribution in [0.4, 0.5) is 5.13 Å². The van der Waals surface area contributed by atoms with E-state index in [2.05, 4.69) is 0 Å². The number of hydrogen-bond donors (Lipinski definition) is 0. The number of ether oxygens (including phenoxy) is 3. The Kier molecular flexibility index (Phi) is 7.82. The molecule has 0 radical (unpaired) electrons. The van der Waals surface area contributed by atoms with Gasteiger partial charge in [0.1, 0.15) is 11.5 Å². The van der Waals surface area contributed by atoms with Crippen molar-refractivity contribution in [3.63, 3.8) is 0 Å². The average Bonchev–Trinajstić information content (AvgIpc) is 3.26. The third kappa shape index (κ3) is 5.37. The van der Waals surface area contributed by atoms with Crippen molar-refractivity contribution in [1.29, 1.82) is 0 Å². The topological polar surface area (TPSA) is 60.9 Å². The van der Waals surface area contributed by atoms with Gasteiger partial charge in [-0.1, -0.05) is 30.3 Å². The van der Waals surface area contributed by atoms with Crippen LogP contribution in [-0.2, 0) is 16.0 Å². The van der Waals surface area contributed by atoms with Gasteiger partial charge in [-0.2, -0.15) is 0 Å². The van der Waals surface area contributed by atoms with Gasteiger partial charge >= 0.3 is 0 Å². The Bertz CT molecular complexity index is 959. The van der Waals surface area contributed by atoms with Gasteiger partial charge in [0.15, 0.2) is 5.13 Å². The number of aromatic nitrogens is 1. The number of thiazole rings is 1. The highest BCUT2D eigenvalue weighted by molar-refractivity contribution is 7.14. The molecule has 3 aromatic rings. The van der Waals surface area contributed by atoms with E-state index in [0.29, 0.717) is 30.5 Å². The summed E-state index contributed by atoms with van der Waals surface area (Å²) in [6.07, 6.45) is 1.06. The molecule has 6 nitrogen and oxygen atoms in total.